The summed E-state index contributed by atoms with van der Waals surface area (Å²) in [4.78, 5) is 27.2. The lowest BCUT2D eigenvalue weighted by molar-refractivity contribution is -0.157. The standard InChI is InChI=1S/C16H26N2O2/c1-18-13(12-8-4-2-5-9-12)14(19)17-16(15(18)20)10-6-3-7-11-16/h12-13H,2-11H2,1H3,(H,17,19). The Labute approximate surface area is 121 Å². The number of likely N-dealkylation sites (N-methyl/N-ethyl adjacent to an activating group) is 1. The lowest BCUT2D eigenvalue weighted by Crippen LogP contribution is -2.71. The van der Waals surface area contributed by atoms with Crippen LogP contribution in [0.15, 0.2) is 0 Å². The predicted octanol–water partition coefficient (Wildman–Crippen LogP) is 2.23. The Morgan fingerprint density at radius 2 is 1.60 bits per heavy atom. The Hall–Kier alpha value is -1.06. The van der Waals surface area contributed by atoms with Crippen LogP contribution in [0.1, 0.15) is 64.2 Å². The summed E-state index contributed by atoms with van der Waals surface area (Å²) in [6.07, 6.45) is 10.8. The Kier molecular flexibility index (Phi) is 3.74. The molecule has 1 heterocycles. The van der Waals surface area contributed by atoms with Crippen molar-refractivity contribution in [3.8, 4) is 0 Å². The van der Waals surface area contributed by atoms with E-state index in [9.17, 15) is 9.59 Å². The summed E-state index contributed by atoms with van der Waals surface area (Å²) in [7, 11) is 1.84. The summed E-state index contributed by atoms with van der Waals surface area (Å²) >= 11 is 0. The molecular formula is C16H26N2O2. The van der Waals surface area contributed by atoms with Gasteiger partial charge >= 0.3 is 0 Å². The first kappa shape index (κ1) is 13.9. The third-order valence-electron chi connectivity index (χ3n) is 5.58. The first-order valence-corrected chi connectivity index (χ1v) is 8.23. The molecule has 4 heteroatoms. The van der Waals surface area contributed by atoms with Crippen LogP contribution in [0.4, 0.5) is 0 Å². The van der Waals surface area contributed by atoms with Crippen LogP contribution in [0, 0.1) is 5.92 Å². The van der Waals surface area contributed by atoms with Crippen molar-refractivity contribution in [1.82, 2.24) is 10.2 Å². The number of carbonyl (C=O) groups excluding carboxylic acids is 2. The van der Waals surface area contributed by atoms with Gasteiger partial charge < -0.3 is 10.2 Å². The zero-order valence-corrected chi connectivity index (χ0v) is 12.5. The van der Waals surface area contributed by atoms with Crippen LogP contribution in [0.2, 0.25) is 0 Å². The molecule has 1 spiro atoms. The van der Waals surface area contributed by atoms with Gasteiger partial charge in [-0.15, -0.1) is 0 Å². The topological polar surface area (TPSA) is 49.4 Å². The van der Waals surface area contributed by atoms with Gasteiger partial charge in [0.1, 0.15) is 11.6 Å². The second-order valence-corrected chi connectivity index (χ2v) is 6.89. The maximum atomic E-state index is 12.8. The van der Waals surface area contributed by atoms with E-state index in [0.717, 1.165) is 38.5 Å². The molecule has 0 aromatic carbocycles. The zero-order chi connectivity index (χ0) is 14.2. The lowest BCUT2D eigenvalue weighted by Gasteiger charge is -2.48. The van der Waals surface area contributed by atoms with Crippen LogP contribution >= 0.6 is 0 Å². The molecule has 3 rings (SSSR count). The van der Waals surface area contributed by atoms with Gasteiger partial charge in [-0.1, -0.05) is 38.5 Å². The summed E-state index contributed by atoms with van der Waals surface area (Å²) in [5.41, 5.74) is -0.574. The van der Waals surface area contributed by atoms with Crippen molar-refractivity contribution in [3.05, 3.63) is 0 Å². The lowest BCUT2D eigenvalue weighted by atomic mass is 9.75. The van der Waals surface area contributed by atoms with Crippen LogP contribution in [0.3, 0.4) is 0 Å². The van der Waals surface area contributed by atoms with Gasteiger partial charge in [0.25, 0.3) is 0 Å². The Morgan fingerprint density at radius 1 is 1.00 bits per heavy atom. The van der Waals surface area contributed by atoms with Gasteiger partial charge in [0.15, 0.2) is 0 Å². The molecule has 1 atom stereocenters. The van der Waals surface area contributed by atoms with Gasteiger partial charge in [0.2, 0.25) is 11.8 Å². The fourth-order valence-corrected chi connectivity index (χ4v) is 4.48. The SMILES string of the molecule is CN1C(=O)C2(CCCCC2)NC(=O)C1C1CCCCC1. The van der Waals surface area contributed by atoms with Crippen LogP contribution < -0.4 is 5.32 Å². The van der Waals surface area contributed by atoms with E-state index in [1.54, 1.807) is 4.90 Å². The van der Waals surface area contributed by atoms with Gasteiger partial charge in [0.05, 0.1) is 0 Å². The minimum Gasteiger partial charge on any atom is -0.340 e. The van der Waals surface area contributed by atoms with Crippen molar-refractivity contribution in [1.29, 1.82) is 0 Å². The molecule has 2 saturated carbocycles. The van der Waals surface area contributed by atoms with E-state index in [1.165, 1.54) is 25.7 Å². The number of nitrogens with one attached hydrogen (secondary N) is 1. The number of amides is 2. The van der Waals surface area contributed by atoms with Crippen molar-refractivity contribution in [2.24, 2.45) is 5.92 Å². The van der Waals surface area contributed by atoms with Crippen LogP contribution in [-0.4, -0.2) is 35.3 Å². The predicted molar refractivity (Wildman–Crippen MR) is 77.1 cm³/mol. The average Bonchev–Trinajstić information content (AvgIpc) is 2.47. The summed E-state index contributed by atoms with van der Waals surface area (Å²) in [6, 6.07) is -0.227. The van der Waals surface area contributed by atoms with E-state index in [1.807, 2.05) is 7.05 Å². The largest absolute Gasteiger partial charge is 0.340 e. The number of nitrogens with zero attached hydrogens (tertiary/aromatic N) is 1. The zero-order valence-electron chi connectivity index (χ0n) is 12.5. The molecule has 1 saturated heterocycles. The van der Waals surface area contributed by atoms with E-state index in [-0.39, 0.29) is 17.9 Å². The molecule has 0 bridgehead atoms. The highest BCUT2D eigenvalue weighted by molar-refractivity contribution is 5.99. The molecule has 4 nitrogen and oxygen atoms in total. The third kappa shape index (κ3) is 2.23. The van der Waals surface area contributed by atoms with Crippen LogP contribution in [-0.2, 0) is 9.59 Å². The average molecular weight is 278 g/mol. The third-order valence-corrected chi connectivity index (χ3v) is 5.58. The fourth-order valence-electron chi connectivity index (χ4n) is 4.48. The number of hydrogen-bond donors (Lipinski definition) is 1. The van der Waals surface area contributed by atoms with E-state index in [0.29, 0.717) is 5.92 Å². The number of piperazine rings is 1. The molecule has 0 aromatic heterocycles. The Bertz CT molecular complexity index is 395. The highest BCUT2D eigenvalue weighted by atomic mass is 16.2. The molecule has 0 aromatic rings. The van der Waals surface area contributed by atoms with Crippen LogP contribution in [0.25, 0.3) is 0 Å². The van der Waals surface area contributed by atoms with Gasteiger partial charge in [-0.3, -0.25) is 9.59 Å². The monoisotopic (exact) mass is 278 g/mol. The molecule has 3 fully saturated rings. The molecule has 20 heavy (non-hydrogen) atoms. The number of carbonyl (C=O) groups is 2. The second-order valence-electron chi connectivity index (χ2n) is 6.89. The molecule has 1 unspecified atom stereocenters. The number of hydrogen-bond acceptors (Lipinski definition) is 2. The molecular weight excluding hydrogens is 252 g/mol. The Morgan fingerprint density at radius 3 is 2.25 bits per heavy atom. The molecule has 2 aliphatic carbocycles. The molecule has 0 radical (unpaired) electrons. The highest BCUT2D eigenvalue weighted by Gasteiger charge is 2.51. The van der Waals surface area contributed by atoms with Crippen molar-refractivity contribution < 1.29 is 9.59 Å². The van der Waals surface area contributed by atoms with E-state index in [4.69, 9.17) is 0 Å². The molecule has 3 aliphatic rings. The molecule has 1 aliphatic heterocycles. The van der Waals surface area contributed by atoms with Crippen molar-refractivity contribution in [2.75, 3.05) is 7.05 Å². The first-order chi connectivity index (χ1) is 9.64. The van der Waals surface area contributed by atoms with Crippen molar-refractivity contribution in [2.45, 2.75) is 75.8 Å². The van der Waals surface area contributed by atoms with E-state index >= 15 is 0 Å². The quantitative estimate of drug-likeness (QED) is 0.799. The van der Waals surface area contributed by atoms with E-state index in [2.05, 4.69) is 5.32 Å². The maximum Gasteiger partial charge on any atom is 0.248 e. The van der Waals surface area contributed by atoms with Crippen molar-refractivity contribution in [3.63, 3.8) is 0 Å². The minimum atomic E-state index is -0.574. The van der Waals surface area contributed by atoms with E-state index < -0.39 is 5.54 Å². The molecule has 1 N–H and O–H groups in total. The summed E-state index contributed by atoms with van der Waals surface area (Å²) in [5.74, 6) is 0.618. The smallest absolute Gasteiger partial charge is 0.248 e. The maximum absolute atomic E-state index is 12.8. The number of rotatable bonds is 1. The summed E-state index contributed by atoms with van der Waals surface area (Å²) < 4.78 is 0. The van der Waals surface area contributed by atoms with Gasteiger partial charge in [-0.2, -0.15) is 0 Å². The van der Waals surface area contributed by atoms with Gasteiger partial charge in [-0.05, 0) is 31.6 Å². The van der Waals surface area contributed by atoms with Crippen LogP contribution in [0.5, 0.6) is 0 Å². The summed E-state index contributed by atoms with van der Waals surface area (Å²) in [5, 5.41) is 3.13. The van der Waals surface area contributed by atoms with Gasteiger partial charge in [0, 0.05) is 7.05 Å². The Balaban J connectivity index is 1.79. The minimum absolute atomic E-state index is 0.0981. The molecule has 112 valence electrons. The van der Waals surface area contributed by atoms with Gasteiger partial charge in [-0.25, -0.2) is 0 Å². The van der Waals surface area contributed by atoms with Crippen molar-refractivity contribution >= 4 is 11.8 Å². The normalized spacial score (nSPS) is 31.4. The highest BCUT2D eigenvalue weighted by Crippen LogP contribution is 2.36. The summed E-state index contributed by atoms with van der Waals surface area (Å²) in [6.45, 7) is 0. The first-order valence-electron chi connectivity index (χ1n) is 8.23. The molecule has 2 amide bonds. The second kappa shape index (κ2) is 5.38. The fraction of sp³-hybridized carbons (Fsp3) is 0.875.